The molecule has 0 aliphatic heterocycles. The van der Waals surface area contributed by atoms with Crippen molar-refractivity contribution in [3.05, 3.63) is 54.7 Å². The molecule has 2 aromatic carbocycles. The van der Waals surface area contributed by atoms with Crippen molar-refractivity contribution in [3.8, 4) is 28.5 Å². The maximum atomic E-state index is 6.07. The summed E-state index contributed by atoms with van der Waals surface area (Å²) in [6, 6.07) is 13.5. The van der Waals surface area contributed by atoms with Crippen molar-refractivity contribution in [3.63, 3.8) is 0 Å². The summed E-state index contributed by atoms with van der Waals surface area (Å²) in [5.74, 6) is 1.75. The summed E-state index contributed by atoms with van der Waals surface area (Å²) < 4.78 is 11.2. The van der Waals surface area contributed by atoms with Crippen LogP contribution in [0.1, 0.15) is 5.89 Å². The van der Waals surface area contributed by atoms with Crippen LogP contribution in [-0.2, 0) is 0 Å². The van der Waals surface area contributed by atoms with Crippen LogP contribution in [0.2, 0.25) is 0 Å². The molecule has 0 saturated heterocycles. The number of oxazole rings is 1. The zero-order valence-corrected chi connectivity index (χ0v) is 13.9. The van der Waals surface area contributed by atoms with Gasteiger partial charge >= 0.3 is 0 Å². The number of nitrogens with two attached hydrogens (primary N) is 1. The van der Waals surface area contributed by atoms with Gasteiger partial charge in [-0.05, 0) is 6.07 Å². The fourth-order valence-electron chi connectivity index (χ4n) is 2.84. The van der Waals surface area contributed by atoms with E-state index in [1.807, 2.05) is 37.3 Å². The molecule has 0 fully saturated rings. The zero-order chi connectivity index (χ0) is 17.4. The Morgan fingerprint density at radius 3 is 2.60 bits per heavy atom. The molecule has 0 spiro atoms. The molecule has 2 aromatic heterocycles. The van der Waals surface area contributed by atoms with E-state index >= 15 is 0 Å². The quantitative estimate of drug-likeness (QED) is 0.573. The number of aryl methyl sites for hydroxylation is 1. The van der Waals surface area contributed by atoms with Crippen molar-refractivity contribution in [2.45, 2.75) is 6.92 Å². The molecular formula is C19H16N4O2. The number of nitrogens with zero attached hydrogens (tertiary/aromatic N) is 3. The Morgan fingerprint density at radius 2 is 1.84 bits per heavy atom. The summed E-state index contributed by atoms with van der Waals surface area (Å²) in [6.45, 7) is 1.82. The van der Waals surface area contributed by atoms with Gasteiger partial charge in [0.2, 0.25) is 0 Å². The lowest BCUT2D eigenvalue weighted by molar-refractivity contribution is 0.417. The number of ether oxygens (including phenoxy) is 1. The van der Waals surface area contributed by atoms with Crippen molar-refractivity contribution in [2.24, 2.45) is 0 Å². The van der Waals surface area contributed by atoms with E-state index in [4.69, 9.17) is 14.9 Å². The summed E-state index contributed by atoms with van der Waals surface area (Å²) in [6.07, 6.45) is 1.50. The smallest absolute Gasteiger partial charge is 0.192 e. The minimum Gasteiger partial charge on any atom is -0.495 e. The molecule has 25 heavy (non-hydrogen) atoms. The predicted octanol–water partition coefficient (Wildman–Crippen LogP) is 3.85. The van der Waals surface area contributed by atoms with Crippen molar-refractivity contribution < 1.29 is 9.15 Å². The van der Waals surface area contributed by atoms with Gasteiger partial charge in [0.1, 0.15) is 23.5 Å². The SMILES string of the molecule is COc1cc2ncnc(-c3oc(C)nc3-c3ccccc3)c2cc1N. The van der Waals surface area contributed by atoms with E-state index < -0.39 is 0 Å². The molecule has 4 aromatic rings. The van der Waals surface area contributed by atoms with Crippen LogP contribution in [0.15, 0.2) is 53.2 Å². The highest BCUT2D eigenvalue weighted by atomic mass is 16.5. The highest BCUT2D eigenvalue weighted by Gasteiger charge is 2.19. The van der Waals surface area contributed by atoms with E-state index in [1.54, 1.807) is 19.2 Å². The number of anilines is 1. The van der Waals surface area contributed by atoms with Crippen LogP contribution in [0, 0.1) is 6.92 Å². The van der Waals surface area contributed by atoms with Gasteiger partial charge in [0.05, 0.1) is 18.3 Å². The van der Waals surface area contributed by atoms with Gasteiger partial charge in [0, 0.05) is 23.9 Å². The van der Waals surface area contributed by atoms with Crippen LogP contribution in [0.4, 0.5) is 5.69 Å². The summed E-state index contributed by atoms with van der Waals surface area (Å²) >= 11 is 0. The molecule has 2 N–H and O–H groups in total. The van der Waals surface area contributed by atoms with Crippen molar-refractivity contribution in [1.29, 1.82) is 0 Å². The first-order chi connectivity index (χ1) is 12.2. The van der Waals surface area contributed by atoms with Crippen LogP contribution >= 0.6 is 0 Å². The Kier molecular flexibility index (Phi) is 3.57. The molecule has 0 atom stereocenters. The minimum atomic E-state index is 0.517. The number of benzene rings is 2. The van der Waals surface area contributed by atoms with E-state index in [-0.39, 0.29) is 0 Å². The van der Waals surface area contributed by atoms with Gasteiger partial charge in [-0.15, -0.1) is 0 Å². The van der Waals surface area contributed by atoms with Gasteiger partial charge < -0.3 is 14.9 Å². The van der Waals surface area contributed by atoms with Crippen LogP contribution in [-0.4, -0.2) is 22.1 Å². The van der Waals surface area contributed by atoms with Crippen molar-refractivity contribution in [2.75, 3.05) is 12.8 Å². The molecular weight excluding hydrogens is 316 g/mol. The molecule has 0 amide bonds. The first kappa shape index (κ1) is 15.1. The average molecular weight is 332 g/mol. The van der Waals surface area contributed by atoms with Gasteiger partial charge in [0.25, 0.3) is 0 Å². The Bertz CT molecular complexity index is 1060. The summed E-state index contributed by atoms with van der Waals surface area (Å²) in [5, 5.41) is 0.786. The van der Waals surface area contributed by atoms with E-state index in [0.717, 1.165) is 22.2 Å². The largest absolute Gasteiger partial charge is 0.495 e. The highest BCUT2D eigenvalue weighted by molar-refractivity contribution is 5.96. The molecule has 0 bridgehead atoms. The van der Waals surface area contributed by atoms with Crippen molar-refractivity contribution in [1.82, 2.24) is 15.0 Å². The standard InChI is InChI=1S/C19H16N4O2/c1-11-23-17(12-6-4-3-5-7-12)19(25-11)18-13-8-14(20)16(24-2)9-15(13)21-10-22-18/h3-10H,20H2,1-2H3. The van der Waals surface area contributed by atoms with Gasteiger partial charge in [-0.2, -0.15) is 0 Å². The maximum Gasteiger partial charge on any atom is 0.192 e. The first-order valence-corrected chi connectivity index (χ1v) is 7.79. The number of hydrogen-bond donors (Lipinski definition) is 1. The number of nitrogen functional groups attached to an aromatic ring is 1. The van der Waals surface area contributed by atoms with Crippen molar-refractivity contribution >= 4 is 16.6 Å². The Hall–Kier alpha value is -3.41. The van der Waals surface area contributed by atoms with Gasteiger partial charge in [0.15, 0.2) is 11.7 Å². The third-order valence-corrected chi connectivity index (χ3v) is 3.98. The fourth-order valence-corrected chi connectivity index (χ4v) is 2.84. The predicted molar refractivity (Wildman–Crippen MR) is 96.2 cm³/mol. The number of aromatic nitrogens is 3. The summed E-state index contributed by atoms with van der Waals surface area (Å²) in [5.41, 5.74) is 9.67. The molecule has 6 nitrogen and oxygen atoms in total. The normalized spacial score (nSPS) is 11.0. The van der Waals surface area contributed by atoms with Crippen LogP contribution < -0.4 is 10.5 Å². The third kappa shape index (κ3) is 2.57. The maximum absolute atomic E-state index is 6.07. The molecule has 6 heteroatoms. The lowest BCUT2D eigenvalue weighted by atomic mass is 10.1. The molecule has 124 valence electrons. The molecule has 0 unspecified atom stereocenters. The molecule has 2 heterocycles. The van der Waals surface area contributed by atoms with E-state index in [2.05, 4.69) is 15.0 Å². The third-order valence-electron chi connectivity index (χ3n) is 3.98. The minimum absolute atomic E-state index is 0.517. The molecule has 0 aliphatic rings. The Labute approximate surface area is 144 Å². The second-order valence-electron chi connectivity index (χ2n) is 5.61. The summed E-state index contributed by atoms with van der Waals surface area (Å²) in [4.78, 5) is 13.3. The average Bonchev–Trinajstić information content (AvgIpc) is 3.03. The van der Waals surface area contributed by atoms with Gasteiger partial charge in [-0.25, -0.2) is 15.0 Å². The van der Waals surface area contributed by atoms with E-state index in [1.165, 1.54) is 6.33 Å². The Balaban J connectivity index is 1.99. The number of fused-ring (bicyclic) bond motifs is 1. The zero-order valence-electron chi connectivity index (χ0n) is 13.9. The monoisotopic (exact) mass is 332 g/mol. The molecule has 0 radical (unpaired) electrons. The molecule has 0 aliphatic carbocycles. The lowest BCUT2D eigenvalue weighted by Crippen LogP contribution is -1.96. The highest BCUT2D eigenvalue weighted by Crippen LogP contribution is 2.37. The Morgan fingerprint density at radius 1 is 1.04 bits per heavy atom. The van der Waals surface area contributed by atoms with Crippen LogP contribution in [0.5, 0.6) is 5.75 Å². The number of hydrogen-bond acceptors (Lipinski definition) is 6. The number of methoxy groups -OCH3 is 1. The second-order valence-corrected chi connectivity index (χ2v) is 5.61. The second kappa shape index (κ2) is 5.90. The van der Waals surface area contributed by atoms with Gasteiger partial charge in [-0.1, -0.05) is 30.3 Å². The van der Waals surface area contributed by atoms with Crippen LogP contribution in [0.3, 0.4) is 0 Å². The van der Waals surface area contributed by atoms with Gasteiger partial charge in [-0.3, -0.25) is 0 Å². The lowest BCUT2D eigenvalue weighted by Gasteiger charge is -2.08. The number of rotatable bonds is 3. The van der Waals surface area contributed by atoms with E-state index in [0.29, 0.717) is 28.8 Å². The summed E-state index contributed by atoms with van der Waals surface area (Å²) in [7, 11) is 1.58. The van der Waals surface area contributed by atoms with E-state index in [9.17, 15) is 0 Å². The van der Waals surface area contributed by atoms with Crippen LogP contribution in [0.25, 0.3) is 33.6 Å². The topological polar surface area (TPSA) is 87.1 Å². The fraction of sp³-hybridized carbons (Fsp3) is 0.105. The molecule has 0 saturated carbocycles. The first-order valence-electron chi connectivity index (χ1n) is 7.79. The molecule has 4 rings (SSSR count).